The molecule has 0 aliphatic carbocycles. The molecule has 1 unspecified atom stereocenters. The van der Waals surface area contributed by atoms with Gasteiger partial charge >= 0.3 is 0 Å². The number of halogens is 1. The Kier molecular flexibility index (Phi) is 5.28. The maximum atomic E-state index is 13.7. The lowest BCUT2D eigenvalue weighted by Gasteiger charge is -2.15. The third-order valence-corrected chi connectivity index (χ3v) is 5.03. The molecule has 0 saturated carbocycles. The largest absolute Gasteiger partial charge is 0.508 e. The van der Waals surface area contributed by atoms with Gasteiger partial charge in [0.2, 0.25) is 0 Å². The minimum absolute atomic E-state index is 0.258. The fraction of sp³-hybridized carbons (Fsp3) is 0.217. The Morgan fingerprint density at radius 2 is 1.68 bits per heavy atom. The summed E-state index contributed by atoms with van der Waals surface area (Å²) < 4.78 is 15.8. The number of benzene rings is 3. The molecule has 1 aromatic heterocycles. The van der Waals surface area contributed by atoms with Crippen LogP contribution in [0.3, 0.4) is 0 Å². The van der Waals surface area contributed by atoms with Crippen LogP contribution in [0.4, 0.5) is 4.39 Å². The summed E-state index contributed by atoms with van der Waals surface area (Å²) in [5.74, 6) is 0.00466. The number of aromatic nitrogens is 1. The number of para-hydroxylation sites is 1. The van der Waals surface area contributed by atoms with Gasteiger partial charge in [0.1, 0.15) is 11.6 Å². The van der Waals surface area contributed by atoms with Crippen LogP contribution in [0.15, 0.2) is 66.7 Å². The summed E-state index contributed by atoms with van der Waals surface area (Å²) in [5, 5.41) is 25.0. The van der Waals surface area contributed by atoms with Gasteiger partial charge < -0.3 is 20.1 Å². The van der Waals surface area contributed by atoms with E-state index in [4.69, 9.17) is 0 Å². The highest BCUT2D eigenvalue weighted by Gasteiger charge is 2.14. The first-order valence-corrected chi connectivity index (χ1v) is 9.45. The fourth-order valence-corrected chi connectivity index (χ4v) is 3.66. The molecule has 1 atom stereocenters. The lowest BCUT2D eigenvalue weighted by Crippen LogP contribution is -2.31. The molecule has 3 N–H and O–H groups in total. The standard InChI is InChI=1S/C23H23FN2O2/c24-17-7-10-23-21(13-17)20-3-1-2-4-22(20)26(23)15-19(28)14-25-12-11-16-5-8-18(27)9-6-16/h1-10,13,19,25,27-28H,11-12,14-15H2. The van der Waals surface area contributed by atoms with Crippen molar-refractivity contribution in [1.29, 1.82) is 0 Å². The molecule has 4 rings (SSSR count). The Bertz CT molecular complexity index is 1090. The number of aliphatic hydroxyl groups is 1. The molecule has 0 bridgehead atoms. The van der Waals surface area contributed by atoms with Gasteiger partial charge in [-0.15, -0.1) is 0 Å². The van der Waals surface area contributed by atoms with E-state index in [0.717, 1.165) is 40.3 Å². The first-order valence-electron chi connectivity index (χ1n) is 9.45. The summed E-state index contributed by atoms with van der Waals surface area (Å²) in [4.78, 5) is 0. The van der Waals surface area contributed by atoms with E-state index in [1.165, 1.54) is 6.07 Å². The molecule has 4 nitrogen and oxygen atoms in total. The number of phenolic OH excluding ortho intramolecular Hbond substituents is 1. The van der Waals surface area contributed by atoms with E-state index in [2.05, 4.69) is 9.88 Å². The van der Waals surface area contributed by atoms with E-state index in [-0.39, 0.29) is 11.6 Å². The van der Waals surface area contributed by atoms with Crippen LogP contribution in [-0.4, -0.2) is 34.0 Å². The Morgan fingerprint density at radius 1 is 0.929 bits per heavy atom. The van der Waals surface area contributed by atoms with E-state index in [1.54, 1.807) is 24.3 Å². The first-order chi connectivity index (χ1) is 13.6. The number of phenols is 1. The Labute approximate surface area is 162 Å². The summed E-state index contributed by atoms with van der Waals surface area (Å²) in [7, 11) is 0. The Morgan fingerprint density at radius 3 is 2.50 bits per heavy atom. The van der Waals surface area contributed by atoms with Crippen LogP contribution in [0.1, 0.15) is 5.56 Å². The minimum atomic E-state index is -0.566. The topological polar surface area (TPSA) is 57.4 Å². The Balaban J connectivity index is 1.43. The molecule has 0 amide bonds. The van der Waals surface area contributed by atoms with Gasteiger partial charge in [0.15, 0.2) is 0 Å². The van der Waals surface area contributed by atoms with Crippen molar-refractivity contribution in [1.82, 2.24) is 9.88 Å². The molecule has 144 valence electrons. The van der Waals surface area contributed by atoms with Crippen LogP contribution in [-0.2, 0) is 13.0 Å². The van der Waals surface area contributed by atoms with Crippen LogP contribution in [0.2, 0.25) is 0 Å². The highest BCUT2D eigenvalue weighted by molar-refractivity contribution is 6.08. The summed E-state index contributed by atoms with van der Waals surface area (Å²) in [6.07, 6.45) is 0.255. The summed E-state index contributed by atoms with van der Waals surface area (Å²) in [6, 6.07) is 19.8. The molecule has 3 aromatic carbocycles. The van der Waals surface area contributed by atoms with Crippen molar-refractivity contribution in [2.24, 2.45) is 0 Å². The number of fused-ring (bicyclic) bond motifs is 3. The number of nitrogens with zero attached hydrogens (tertiary/aromatic N) is 1. The van der Waals surface area contributed by atoms with Gasteiger partial charge in [-0.3, -0.25) is 0 Å². The highest BCUT2D eigenvalue weighted by atomic mass is 19.1. The van der Waals surface area contributed by atoms with Crippen molar-refractivity contribution in [2.45, 2.75) is 19.1 Å². The third-order valence-electron chi connectivity index (χ3n) is 5.03. The van der Waals surface area contributed by atoms with Gasteiger partial charge in [0, 0.05) is 28.4 Å². The molecule has 0 spiro atoms. The van der Waals surface area contributed by atoms with Crippen molar-refractivity contribution >= 4 is 21.8 Å². The number of aromatic hydroxyl groups is 1. The highest BCUT2D eigenvalue weighted by Crippen LogP contribution is 2.29. The molecule has 4 aromatic rings. The van der Waals surface area contributed by atoms with E-state index in [1.807, 2.05) is 36.4 Å². The van der Waals surface area contributed by atoms with Crippen molar-refractivity contribution in [3.8, 4) is 5.75 Å². The van der Waals surface area contributed by atoms with Crippen LogP contribution < -0.4 is 5.32 Å². The maximum absolute atomic E-state index is 13.7. The maximum Gasteiger partial charge on any atom is 0.123 e. The van der Waals surface area contributed by atoms with Crippen molar-refractivity contribution in [2.75, 3.05) is 13.1 Å². The van der Waals surface area contributed by atoms with Crippen LogP contribution in [0, 0.1) is 5.82 Å². The first kappa shape index (κ1) is 18.5. The monoisotopic (exact) mass is 378 g/mol. The predicted molar refractivity (Wildman–Crippen MR) is 110 cm³/mol. The molecule has 28 heavy (non-hydrogen) atoms. The number of hydrogen-bond donors (Lipinski definition) is 3. The number of aliphatic hydroxyl groups excluding tert-OH is 1. The molecular formula is C23H23FN2O2. The SMILES string of the molecule is Oc1ccc(CCNCC(O)Cn2c3ccccc3c3cc(F)ccc32)cc1. The van der Waals surface area contributed by atoms with E-state index in [9.17, 15) is 14.6 Å². The lowest BCUT2D eigenvalue weighted by molar-refractivity contribution is 0.154. The van der Waals surface area contributed by atoms with Crippen LogP contribution in [0.25, 0.3) is 21.8 Å². The smallest absolute Gasteiger partial charge is 0.123 e. The summed E-state index contributed by atoms with van der Waals surface area (Å²) >= 11 is 0. The molecule has 0 fully saturated rings. The normalized spacial score (nSPS) is 12.6. The quantitative estimate of drug-likeness (QED) is 0.429. The van der Waals surface area contributed by atoms with Crippen molar-refractivity contribution in [3.05, 3.63) is 78.1 Å². The molecule has 0 radical (unpaired) electrons. The molecule has 0 saturated heterocycles. The second kappa shape index (κ2) is 8.00. The molecule has 5 heteroatoms. The summed E-state index contributed by atoms with van der Waals surface area (Å²) in [6.45, 7) is 1.63. The van der Waals surface area contributed by atoms with Crippen LogP contribution >= 0.6 is 0 Å². The molecule has 0 aliphatic heterocycles. The zero-order chi connectivity index (χ0) is 19.5. The number of rotatable bonds is 7. The number of nitrogens with one attached hydrogen (secondary N) is 1. The average Bonchev–Trinajstić information content (AvgIpc) is 3.00. The predicted octanol–water partition coefficient (Wildman–Crippen LogP) is 3.83. The van der Waals surface area contributed by atoms with Gasteiger partial charge in [-0.1, -0.05) is 30.3 Å². The zero-order valence-electron chi connectivity index (χ0n) is 15.5. The van der Waals surface area contributed by atoms with Gasteiger partial charge in [-0.25, -0.2) is 4.39 Å². The fourth-order valence-electron chi connectivity index (χ4n) is 3.66. The van der Waals surface area contributed by atoms with Crippen molar-refractivity contribution < 1.29 is 14.6 Å². The second-order valence-electron chi connectivity index (χ2n) is 7.06. The van der Waals surface area contributed by atoms with Gasteiger partial charge in [-0.05, 0) is 54.9 Å². The van der Waals surface area contributed by atoms with E-state index >= 15 is 0 Å². The number of hydrogen-bond acceptors (Lipinski definition) is 3. The lowest BCUT2D eigenvalue weighted by atomic mass is 10.1. The Hall–Kier alpha value is -2.89. The van der Waals surface area contributed by atoms with E-state index < -0.39 is 6.10 Å². The van der Waals surface area contributed by atoms with Crippen LogP contribution in [0.5, 0.6) is 5.75 Å². The molecule has 0 aliphatic rings. The van der Waals surface area contributed by atoms with Gasteiger partial charge in [-0.2, -0.15) is 0 Å². The van der Waals surface area contributed by atoms with E-state index in [0.29, 0.717) is 13.1 Å². The third kappa shape index (κ3) is 3.86. The van der Waals surface area contributed by atoms with Crippen molar-refractivity contribution in [3.63, 3.8) is 0 Å². The molecule has 1 heterocycles. The van der Waals surface area contributed by atoms with Gasteiger partial charge in [0.05, 0.1) is 12.6 Å². The molecular weight excluding hydrogens is 355 g/mol. The summed E-state index contributed by atoms with van der Waals surface area (Å²) in [5.41, 5.74) is 3.04. The van der Waals surface area contributed by atoms with Gasteiger partial charge in [0.25, 0.3) is 0 Å². The second-order valence-corrected chi connectivity index (χ2v) is 7.06. The average molecular weight is 378 g/mol. The zero-order valence-corrected chi connectivity index (χ0v) is 15.5. The minimum Gasteiger partial charge on any atom is -0.508 e.